The highest BCUT2D eigenvalue weighted by atomic mass is 32.2. The molecule has 0 atom stereocenters. The van der Waals surface area contributed by atoms with Crippen molar-refractivity contribution in [3.8, 4) is 0 Å². The minimum absolute atomic E-state index is 0.0117. The number of aliphatic imine (C=N–C) groups is 1. The SMILES string of the molecule is CC(C)(C)NC1=Nc2cccnc2NC12CCSCC2. The normalized spacial score (nSPS) is 20.9. The molecule has 1 fully saturated rings. The van der Waals surface area contributed by atoms with Crippen LogP contribution in [0.3, 0.4) is 0 Å². The van der Waals surface area contributed by atoms with E-state index in [-0.39, 0.29) is 11.1 Å². The quantitative estimate of drug-likeness (QED) is 0.770. The molecule has 0 unspecified atom stereocenters. The third-order valence-electron chi connectivity index (χ3n) is 3.67. The van der Waals surface area contributed by atoms with Crippen LogP contribution in [0.2, 0.25) is 0 Å². The van der Waals surface area contributed by atoms with Crippen molar-refractivity contribution in [1.29, 1.82) is 0 Å². The van der Waals surface area contributed by atoms with E-state index < -0.39 is 0 Å². The van der Waals surface area contributed by atoms with Crippen molar-refractivity contribution in [2.24, 2.45) is 4.99 Å². The zero-order valence-electron chi connectivity index (χ0n) is 12.4. The number of nitrogens with one attached hydrogen (secondary N) is 2. The topological polar surface area (TPSA) is 49.3 Å². The summed E-state index contributed by atoms with van der Waals surface area (Å²) in [6.45, 7) is 6.54. The molecule has 108 valence electrons. The number of hydrogen-bond donors (Lipinski definition) is 2. The maximum absolute atomic E-state index is 4.88. The maximum Gasteiger partial charge on any atom is 0.152 e. The van der Waals surface area contributed by atoms with E-state index in [0.29, 0.717) is 0 Å². The molecule has 2 aliphatic heterocycles. The van der Waals surface area contributed by atoms with Crippen molar-refractivity contribution in [1.82, 2.24) is 10.3 Å². The molecule has 1 aromatic heterocycles. The van der Waals surface area contributed by atoms with E-state index in [9.17, 15) is 0 Å². The Hall–Kier alpha value is -1.23. The number of rotatable bonds is 0. The van der Waals surface area contributed by atoms with Crippen molar-refractivity contribution >= 4 is 29.1 Å². The number of pyridine rings is 1. The second-order valence-electron chi connectivity index (χ2n) is 6.53. The third-order valence-corrected chi connectivity index (χ3v) is 4.65. The van der Waals surface area contributed by atoms with Crippen LogP contribution in [0.1, 0.15) is 33.6 Å². The Morgan fingerprint density at radius 2 is 2.05 bits per heavy atom. The standard InChI is InChI=1S/C15H22N4S/c1-14(2,3)19-13-15(6-9-20-10-7-15)18-12-11(17-13)5-4-8-16-12/h4-5,8H,6-7,9-10H2,1-3H3,(H,16,18)(H,17,19). The van der Waals surface area contributed by atoms with Gasteiger partial charge >= 0.3 is 0 Å². The largest absolute Gasteiger partial charge is 0.367 e. The first-order valence-electron chi connectivity index (χ1n) is 7.17. The van der Waals surface area contributed by atoms with Gasteiger partial charge in [-0.3, -0.25) is 0 Å². The summed E-state index contributed by atoms with van der Waals surface area (Å²) >= 11 is 2.02. The Morgan fingerprint density at radius 1 is 1.30 bits per heavy atom. The lowest BCUT2D eigenvalue weighted by Gasteiger charge is -2.43. The summed E-state index contributed by atoms with van der Waals surface area (Å²) in [4.78, 5) is 9.33. The number of fused-ring (bicyclic) bond motifs is 1. The van der Waals surface area contributed by atoms with E-state index in [0.717, 1.165) is 30.2 Å². The average Bonchev–Trinajstić information content (AvgIpc) is 2.39. The summed E-state index contributed by atoms with van der Waals surface area (Å²) in [5, 5.41) is 7.28. The molecular weight excluding hydrogens is 268 g/mol. The fraction of sp³-hybridized carbons (Fsp3) is 0.600. The smallest absolute Gasteiger partial charge is 0.152 e. The molecule has 4 nitrogen and oxygen atoms in total. The van der Waals surface area contributed by atoms with Crippen LogP contribution < -0.4 is 10.6 Å². The maximum atomic E-state index is 4.88. The van der Waals surface area contributed by atoms with Gasteiger partial charge in [-0.1, -0.05) is 0 Å². The first-order chi connectivity index (χ1) is 9.49. The van der Waals surface area contributed by atoms with E-state index in [1.165, 1.54) is 11.5 Å². The van der Waals surface area contributed by atoms with Gasteiger partial charge < -0.3 is 10.6 Å². The summed E-state index contributed by atoms with van der Waals surface area (Å²) < 4.78 is 0. The van der Waals surface area contributed by atoms with Crippen LogP contribution in [0.15, 0.2) is 23.3 Å². The summed E-state index contributed by atoms with van der Waals surface area (Å²) in [6, 6.07) is 3.96. The van der Waals surface area contributed by atoms with Crippen molar-refractivity contribution in [3.63, 3.8) is 0 Å². The number of hydrogen-bond acceptors (Lipinski definition) is 5. The Kier molecular flexibility index (Phi) is 3.40. The molecule has 0 aromatic carbocycles. The van der Waals surface area contributed by atoms with Crippen LogP contribution in [0.5, 0.6) is 0 Å². The summed E-state index contributed by atoms with van der Waals surface area (Å²) in [5.41, 5.74) is 0.876. The third kappa shape index (κ3) is 2.64. The van der Waals surface area contributed by atoms with Crippen LogP contribution in [0.4, 0.5) is 11.5 Å². The fourth-order valence-corrected chi connectivity index (χ4v) is 3.87. The van der Waals surface area contributed by atoms with Gasteiger partial charge in [0.2, 0.25) is 0 Å². The van der Waals surface area contributed by atoms with E-state index in [4.69, 9.17) is 4.99 Å². The van der Waals surface area contributed by atoms with Crippen LogP contribution >= 0.6 is 11.8 Å². The van der Waals surface area contributed by atoms with Gasteiger partial charge in [0.25, 0.3) is 0 Å². The van der Waals surface area contributed by atoms with Crippen LogP contribution in [-0.4, -0.2) is 33.4 Å². The van der Waals surface area contributed by atoms with Gasteiger partial charge in [-0.2, -0.15) is 11.8 Å². The molecule has 0 amide bonds. The lowest BCUT2D eigenvalue weighted by Crippen LogP contribution is -2.59. The van der Waals surface area contributed by atoms with Crippen LogP contribution in [0.25, 0.3) is 0 Å². The first-order valence-corrected chi connectivity index (χ1v) is 8.32. The number of thioether (sulfide) groups is 1. The lowest BCUT2D eigenvalue weighted by atomic mass is 9.88. The molecule has 0 radical (unpaired) electrons. The Balaban J connectivity index is 2.01. The monoisotopic (exact) mass is 290 g/mol. The molecule has 1 saturated heterocycles. The molecule has 1 spiro atoms. The molecule has 0 bridgehead atoms. The molecule has 2 aliphatic rings. The highest BCUT2D eigenvalue weighted by Crippen LogP contribution is 2.38. The van der Waals surface area contributed by atoms with Crippen molar-refractivity contribution in [3.05, 3.63) is 18.3 Å². The molecular formula is C15H22N4S. The van der Waals surface area contributed by atoms with Crippen LogP contribution in [0, 0.1) is 0 Å². The highest BCUT2D eigenvalue weighted by Gasteiger charge is 2.42. The van der Waals surface area contributed by atoms with E-state index in [1.807, 2.05) is 30.1 Å². The molecule has 3 rings (SSSR count). The molecule has 0 saturated carbocycles. The summed E-state index contributed by atoms with van der Waals surface area (Å²) in [7, 11) is 0. The minimum Gasteiger partial charge on any atom is -0.367 e. The van der Waals surface area contributed by atoms with Gasteiger partial charge in [-0.05, 0) is 57.3 Å². The number of nitrogens with zero attached hydrogens (tertiary/aromatic N) is 2. The molecule has 0 aliphatic carbocycles. The van der Waals surface area contributed by atoms with Gasteiger partial charge in [0, 0.05) is 11.7 Å². The highest BCUT2D eigenvalue weighted by molar-refractivity contribution is 7.99. The zero-order chi connectivity index (χ0) is 14.2. The molecule has 1 aromatic rings. The Morgan fingerprint density at radius 3 is 2.75 bits per heavy atom. The average molecular weight is 290 g/mol. The van der Waals surface area contributed by atoms with Crippen molar-refractivity contribution < 1.29 is 0 Å². The summed E-state index contributed by atoms with van der Waals surface area (Å²) in [5.74, 6) is 4.32. The van der Waals surface area contributed by atoms with Gasteiger partial charge in [-0.25, -0.2) is 9.98 Å². The fourth-order valence-electron chi connectivity index (χ4n) is 2.68. The molecule has 2 N–H and O–H groups in total. The second-order valence-corrected chi connectivity index (χ2v) is 7.75. The molecule has 20 heavy (non-hydrogen) atoms. The van der Waals surface area contributed by atoms with Crippen molar-refractivity contribution in [2.75, 3.05) is 16.8 Å². The van der Waals surface area contributed by atoms with E-state index in [2.05, 4.69) is 36.4 Å². The van der Waals surface area contributed by atoms with Gasteiger partial charge in [0.1, 0.15) is 11.5 Å². The summed E-state index contributed by atoms with van der Waals surface area (Å²) in [6.07, 6.45) is 4.01. The van der Waals surface area contributed by atoms with E-state index in [1.54, 1.807) is 0 Å². The second kappa shape index (κ2) is 4.95. The molecule has 3 heterocycles. The van der Waals surface area contributed by atoms with Gasteiger partial charge in [0.15, 0.2) is 5.82 Å². The zero-order valence-corrected chi connectivity index (χ0v) is 13.2. The molecule has 5 heteroatoms. The minimum atomic E-state index is -0.0696. The number of anilines is 1. The van der Waals surface area contributed by atoms with E-state index >= 15 is 0 Å². The van der Waals surface area contributed by atoms with Gasteiger partial charge in [0.05, 0.1) is 5.54 Å². The first kappa shape index (κ1) is 13.7. The number of aromatic nitrogens is 1. The van der Waals surface area contributed by atoms with Gasteiger partial charge in [-0.15, -0.1) is 0 Å². The Bertz CT molecular complexity index is 527. The van der Waals surface area contributed by atoms with Crippen molar-refractivity contribution in [2.45, 2.75) is 44.7 Å². The predicted octanol–water partition coefficient (Wildman–Crippen LogP) is 3.19. The number of amidine groups is 1. The lowest BCUT2D eigenvalue weighted by molar-refractivity contribution is 0.466. The van der Waals surface area contributed by atoms with Crippen LogP contribution in [-0.2, 0) is 0 Å². The Labute approximate surface area is 124 Å². The predicted molar refractivity (Wildman–Crippen MR) is 87.1 cm³/mol.